The highest BCUT2D eigenvalue weighted by atomic mass is 32.1. The fourth-order valence-corrected chi connectivity index (χ4v) is 2.26. The monoisotopic (exact) mass is 284 g/mol. The molecule has 19 heavy (non-hydrogen) atoms. The number of aryl methyl sites for hydroxylation is 2. The number of carbonyl (C=O) groups is 2. The van der Waals surface area contributed by atoms with E-state index < -0.39 is 12.1 Å². The molecule has 1 heterocycles. The van der Waals surface area contributed by atoms with Crippen molar-refractivity contribution in [2.24, 2.45) is 0 Å². The van der Waals surface area contributed by atoms with Gasteiger partial charge in [-0.2, -0.15) is 0 Å². The Hall–Kier alpha value is -1.43. The maximum absolute atomic E-state index is 11.9. The SMILES string of the molecule is Cc1nc(C)c(C(=O)OC(C)C(=O)NC(C)(C)C)s1. The lowest BCUT2D eigenvalue weighted by atomic mass is 10.1. The molecular formula is C13H20N2O3S. The second-order valence-corrected chi connectivity index (χ2v) is 6.64. The number of esters is 1. The van der Waals surface area contributed by atoms with E-state index in [0.29, 0.717) is 10.6 Å². The summed E-state index contributed by atoms with van der Waals surface area (Å²) < 4.78 is 5.16. The van der Waals surface area contributed by atoms with E-state index in [-0.39, 0.29) is 11.4 Å². The predicted octanol–water partition coefficient (Wildman–Crippen LogP) is 2.22. The lowest BCUT2D eigenvalue weighted by Crippen LogP contribution is -2.46. The zero-order valence-corrected chi connectivity index (χ0v) is 13.0. The highest BCUT2D eigenvalue weighted by molar-refractivity contribution is 7.13. The molecule has 0 bridgehead atoms. The third kappa shape index (κ3) is 4.63. The molecule has 0 fully saturated rings. The molecule has 0 radical (unpaired) electrons. The molecule has 0 aliphatic heterocycles. The third-order valence-electron chi connectivity index (χ3n) is 2.24. The van der Waals surface area contributed by atoms with E-state index in [9.17, 15) is 9.59 Å². The Labute approximate surface area is 117 Å². The van der Waals surface area contributed by atoms with Crippen LogP contribution >= 0.6 is 11.3 Å². The Morgan fingerprint density at radius 3 is 2.32 bits per heavy atom. The quantitative estimate of drug-likeness (QED) is 0.864. The van der Waals surface area contributed by atoms with Gasteiger partial charge in [-0.15, -0.1) is 11.3 Å². The molecule has 0 spiro atoms. The molecule has 1 amide bonds. The number of nitrogens with zero attached hydrogens (tertiary/aromatic N) is 1. The summed E-state index contributed by atoms with van der Waals surface area (Å²) in [5.74, 6) is -0.806. The molecule has 6 heteroatoms. The topological polar surface area (TPSA) is 68.3 Å². The Kier molecular flexibility index (Phi) is 4.68. The molecule has 0 saturated carbocycles. The second kappa shape index (κ2) is 5.69. The van der Waals surface area contributed by atoms with Gasteiger partial charge < -0.3 is 10.1 Å². The average molecular weight is 284 g/mol. The van der Waals surface area contributed by atoms with Crippen LogP contribution < -0.4 is 5.32 Å². The zero-order valence-electron chi connectivity index (χ0n) is 12.2. The molecule has 106 valence electrons. The Balaban J connectivity index is 2.67. The Morgan fingerprint density at radius 2 is 1.89 bits per heavy atom. The molecule has 1 aromatic rings. The van der Waals surface area contributed by atoms with E-state index in [4.69, 9.17) is 4.74 Å². The summed E-state index contributed by atoms with van der Waals surface area (Å²) in [6.07, 6.45) is -0.825. The van der Waals surface area contributed by atoms with E-state index >= 15 is 0 Å². The fourth-order valence-electron chi connectivity index (χ4n) is 1.46. The van der Waals surface area contributed by atoms with Crippen molar-refractivity contribution in [1.82, 2.24) is 10.3 Å². The molecule has 0 aromatic carbocycles. The van der Waals surface area contributed by atoms with E-state index in [1.54, 1.807) is 13.8 Å². The molecule has 0 saturated heterocycles. The number of hydrogen-bond acceptors (Lipinski definition) is 5. The van der Waals surface area contributed by atoms with Gasteiger partial charge in [0.1, 0.15) is 4.88 Å². The molecule has 0 aliphatic rings. The predicted molar refractivity (Wildman–Crippen MR) is 74.4 cm³/mol. The normalized spacial score (nSPS) is 12.9. The molecule has 1 N–H and O–H groups in total. The minimum absolute atomic E-state index is 0.306. The molecular weight excluding hydrogens is 264 g/mol. The van der Waals surface area contributed by atoms with Crippen LogP contribution in [0.1, 0.15) is 48.1 Å². The van der Waals surface area contributed by atoms with Crippen LogP contribution in [-0.2, 0) is 9.53 Å². The van der Waals surface area contributed by atoms with Crippen molar-refractivity contribution in [2.75, 3.05) is 0 Å². The summed E-state index contributed by atoms with van der Waals surface area (Å²) in [5, 5.41) is 3.57. The maximum Gasteiger partial charge on any atom is 0.351 e. The standard InChI is InChI=1S/C13H20N2O3S/c1-7-10(19-9(3)14-7)12(17)18-8(2)11(16)15-13(4,5)6/h8H,1-6H3,(H,15,16). The van der Waals surface area contributed by atoms with E-state index in [0.717, 1.165) is 5.01 Å². The van der Waals surface area contributed by atoms with Crippen molar-refractivity contribution in [3.63, 3.8) is 0 Å². The van der Waals surface area contributed by atoms with Crippen LogP contribution in [-0.4, -0.2) is 28.5 Å². The van der Waals surface area contributed by atoms with Gasteiger partial charge in [0.05, 0.1) is 10.7 Å². The second-order valence-electron chi connectivity index (χ2n) is 5.43. The van der Waals surface area contributed by atoms with Crippen LogP contribution in [0.15, 0.2) is 0 Å². The smallest absolute Gasteiger partial charge is 0.351 e. The van der Waals surface area contributed by atoms with Gasteiger partial charge in [0.25, 0.3) is 5.91 Å². The van der Waals surface area contributed by atoms with Crippen molar-refractivity contribution in [1.29, 1.82) is 0 Å². The van der Waals surface area contributed by atoms with E-state index in [1.807, 2.05) is 27.7 Å². The first kappa shape index (κ1) is 15.6. The minimum Gasteiger partial charge on any atom is -0.448 e. The van der Waals surface area contributed by atoms with Crippen molar-refractivity contribution >= 4 is 23.2 Å². The van der Waals surface area contributed by atoms with Crippen molar-refractivity contribution in [2.45, 2.75) is 53.2 Å². The lowest BCUT2D eigenvalue weighted by molar-refractivity contribution is -0.130. The summed E-state index contributed by atoms with van der Waals surface area (Å²) in [5.41, 5.74) is 0.283. The van der Waals surface area contributed by atoms with Gasteiger partial charge in [-0.1, -0.05) is 0 Å². The number of aromatic nitrogens is 1. The third-order valence-corrected chi connectivity index (χ3v) is 3.29. The van der Waals surface area contributed by atoms with Crippen LogP contribution in [0.2, 0.25) is 0 Å². The first-order chi connectivity index (χ1) is 8.60. The van der Waals surface area contributed by atoms with Crippen LogP contribution in [0.3, 0.4) is 0 Å². The average Bonchev–Trinajstić information content (AvgIpc) is 2.55. The van der Waals surface area contributed by atoms with E-state index in [1.165, 1.54) is 11.3 Å². The van der Waals surface area contributed by atoms with Gasteiger partial charge in [0.2, 0.25) is 0 Å². The summed E-state index contributed by atoms with van der Waals surface area (Å²) in [7, 11) is 0. The van der Waals surface area contributed by atoms with Gasteiger partial charge in [-0.05, 0) is 41.5 Å². The first-order valence-corrected chi connectivity index (χ1v) is 6.89. The van der Waals surface area contributed by atoms with Crippen LogP contribution in [0.5, 0.6) is 0 Å². The van der Waals surface area contributed by atoms with Crippen molar-refractivity contribution in [3.05, 3.63) is 15.6 Å². The van der Waals surface area contributed by atoms with Gasteiger partial charge >= 0.3 is 5.97 Å². The number of hydrogen-bond donors (Lipinski definition) is 1. The number of thiazole rings is 1. The molecule has 1 atom stereocenters. The van der Waals surface area contributed by atoms with Crippen molar-refractivity contribution < 1.29 is 14.3 Å². The summed E-state index contributed by atoms with van der Waals surface area (Å²) in [4.78, 5) is 28.4. The highest BCUT2D eigenvalue weighted by Crippen LogP contribution is 2.18. The fraction of sp³-hybridized carbons (Fsp3) is 0.615. The first-order valence-electron chi connectivity index (χ1n) is 6.07. The highest BCUT2D eigenvalue weighted by Gasteiger charge is 2.24. The number of rotatable bonds is 3. The number of amides is 1. The van der Waals surface area contributed by atoms with Gasteiger partial charge in [0.15, 0.2) is 6.10 Å². The summed E-state index contributed by atoms with van der Waals surface area (Å²) in [6.45, 7) is 10.7. The number of nitrogens with one attached hydrogen (secondary N) is 1. The zero-order chi connectivity index (χ0) is 14.8. The Morgan fingerprint density at radius 1 is 1.32 bits per heavy atom. The molecule has 5 nitrogen and oxygen atoms in total. The summed E-state index contributed by atoms with van der Waals surface area (Å²) in [6, 6.07) is 0. The lowest BCUT2D eigenvalue weighted by Gasteiger charge is -2.23. The largest absolute Gasteiger partial charge is 0.448 e. The Bertz CT molecular complexity index is 489. The van der Waals surface area contributed by atoms with Gasteiger partial charge in [-0.3, -0.25) is 4.79 Å². The molecule has 1 unspecified atom stereocenters. The van der Waals surface area contributed by atoms with E-state index in [2.05, 4.69) is 10.3 Å². The summed E-state index contributed by atoms with van der Waals surface area (Å²) >= 11 is 1.27. The molecule has 0 aliphatic carbocycles. The van der Waals surface area contributed by atoms with Crippen LogP contribution in [0.4, 0.5) is 0 Å². The van der Waals surface area contributed by atoms with Crippen LogP contribution in [0, 0.1) is 13.8 Å². The minimum atomic E-state index is -0.825. The van der Waals surface area contributed by atoms with Crippen LogP contribution in [0.25, 0.3) is 0 Å². The number of carbonyl (C=O) groups excluding carboxylic acids is 2. The molecule has 1 rings (SSSR count). The van der Waals surface area contributed by atoms with Gasteiger partial charge in [-0.25, -0.2) is 9.78 Å². The molecule has 1 aromatic heterocycles. The number of ether oxygens (including phenoxy) is 1. The van der Waals surface area contributed by atoms with Gasteiger partial charge in [0, 0.05) is 5.54 Å². The van der Waals surface area contributed by atoms with Crippen molar-refractivity contribution in [3.8, 4) is 0 Å². The maximum atomic E-state index is 11.9.